The predicted molar refractivity (Wildman–Crippen MR) is 63.8 cm³/mol. The average molecular weight is 246 g/mol. The first-order chi connectivity index (χ1) is 7.93. The summed E-state index contributed by atoms with van der Waals surface area (Å²) < 4.78 is 0. The highest BCUT2D eigenvalue weighted by molar-refractivity contribution is 5.83. The minimum Gasteiger partial charge on any atom is -0.480 e. The van der Waals surface area contributed by atoms with E-state index < -0.39 is 24.1 Å². The molecule has 0 radical (unpaired) electrons. The topological polar surface area (TPSA) is 89.9 Å². The number of urea groups is 1. The van der Waals surface area contributed by atoms with Gasteiger partial charge in [0, 0.05) is 13.1 Å². The predicted octanol–water partition coefficient (Wildman–Crippen LogP) is 0.652. The van der Waals surface area contributed by atoms with E-state index >= 15 is 0 Å². The van der Waals surface area contributed by atoms with Gasteiger partial charge in [0.1, 0.15) is 0 Å². The van der Waals surface area contributed by atoms with Gasteiger partial charge in [-0.3, -0.25) is 0 Å². The van der Waals surface area contributed by atoms with Crippen molar-refractivity contribution in [2.75, 3.05) is 13.1 Å². The Morgan fingerprint density at radius 2 is 1.71 bits per heavy atom. The third-order valence-corrected chi connectivity index (χ3v) is 2.30. The highest BCUT2D eigenvalue weighted by Gasteiger charge is 2.26. The first kappa shape index (κ1) is 15.7. The molecule has 0 aromatic carbocycles. The molecule has 0 spiro atoms. The summed E-state index contributed by atoms with van der Waals surface area (Å²) in [4.78, 5) is 24.2. The third-order valence-electron chi connectivity index (χ3n) is 2.30. The maximum Gasteiger partial charge on any atom is 0.328 e. The maximum absolute atomic E-state index is 11.8. The van der Waals surface area contributed by atoms with Crippen LogP contribution in [-0.4, -0.2) is 52.3 Å². The molecule has 0 aliphatic heterocycles. The van der Waals surface area contributed by atoms with Crippen molar-refractivity contribution in [3.8, 4) is 0 Å². The number of carbonyl (C=O) groups is 2. The minimum absolute atomic E-state index is 0.443. The van der Waals surface area contributed by atoms with Gasteiger partial charge in [-0.15, -0.1) is 0 Å². The second kappa shape index (κ2) is 7.89. The monoisotopic (exact) mass is 246 g/mol. The molecule has 0 bridgehead atoms. The van der Waals surface area contributed by atoms with Crippen molar-refractivity contribution >= 4 is 12.0 Å². The molecule has 17 heavy (non-hydrogen) atoms. The molecule has 2 amide bonds. The zero-order valence-corrected chi connectivity index (χ0v) is 10.6. The summed E-state index contributed by atoms with van der Waals surface area (Å²) in [5.41, 5.74) is 0. The van der Waals surface area contributed by atoms with Crippen LogP contribution in [0, 0.1) is 0 Å². The number of hydrogen-bond acceptors (Lipinski definition) is 3. The normalized spacial score (nSPS) is 13.9. The number of aliphatic carboxylic acids is 1. The van der Waals surface area contributed by atoms with Crippen LogP contribution >= 0.6 is 0 Å². The molecule has 0 rings (SSSR count). The van der Waals surface area contributed by atoms with Crippen molar-refractivity contribution in [1.29, 1.82) is 0 Å². The van der Waals surface area contributed by atoms with Gasteiger partial charge in [0.15, 0.2) is 6.04 Å². The number of aliphatic hydroxyl groups excluding tert-OH is 1. The SMILES string of the molecule is CCCN(CCC)C(=O)N[C@H](C(=O)O)[C@@H](C)O. The average Bonchev–Trinajstić information content (AvgIpc) is 2.24. The molecule has 0 heterocycles. The van der Waals surface area contributed by atoms with Crippen LogP contribution < -0.4 is 5.32 Å². The van der Waals surface area contributed by atoms with Crippen molar-refractivity contribution < 1.29 is 19.8 Å². The van der Waals surface area contributed by atoms with Gasteiger partial charge in [0.05, 0.1) is 6.10 Å². The van der Waals surface area contributed by atoms with E-state index in [2.05, 4.69) is 5.32 Å². The number of aliphatic hydroxyl groups is 1. The molecular formula is C11H22N2O4. The van der Waals surface area contributed by atoms with Crippen LogP contribution in [0.15, 0.2) is 0 Å². The van der Waals surface area contributed by atoms with Crippen molar-refractivity contribution in [2.24, 2.45) is 0 Å². The fourth-order valence-corrected chi connectivity index (χ4v) is 1.47. The van der Waals surface area contributed by atoms with E-state index in [-0.39, 0.29) is 0 Å². The quantitative estimate of drug-likeness (QED) is 0.615. The van der Waals surface area contributed by atoms with Crippen molar-refractivity contribution in [3.63, 3.8) is 0 Å². The van der Waals surface area contributed by atoms with E-state index in [4.69, 9.17) is 5.11 Å². The highest BCUT2D eigenvalue weighted by atomic mass is 16.4. The Labute approximate surface area is 102 Å². The summed E-state index contributed by atoms with van der Waals surface area (Å²) in [6, 6.07) is -1.71. The molecule has 0 aliphatic rings. The van der Waals surface area contributed by atoms with Crippen LogP contribution in [0.3, 0.4) is 0 Å². The van der Waals surface area contributed by atoms with E-state index in [0.29, 0.717) is 13.1 Å². The Morgan fingerprint density at radius 3 is 2.00 bits per heavy atom. The van der Waals surface area contributed by atoms with Crippen LogP contribution in [0.25, 0.3) is 0 Å². The summed E-state index contributed by atoms with van der Waals surface area (Å²) in [5.74, 6) is -1.23. The fourth-order valence-electron chi connectivity index (χ4n) is 1.47. The number of carboxylic acid groups (broad SMARTS) is 1. The first-order valence-corrected chi connectivity index (χ1v) is 5.90. The molecule has 0 aromatic heterocycles. The molecule has 0 saturated carbocycles. The van der Waals surface area contributed by atoms with Crippen LogP contribution in [0.1, 0.15) is 33.6 Å². The van der Waals surface area contributed by atoms with Crippen LogP contribution in [0.4, 0.5) is 4.79 Å². The van der Waals surface area contributed by atoms with E-state index in [0.717, 1.165) is 12.8 Å². The smallest absolute Gasteiger partial charge is 0.328 e. The Balaban J connectivity index is 4.50. The second-order valence-electron chi connectivity index (χ2n) is 3.99. The van der Waals surface area contributed by atoms with Crippen LogP contribution in [0.2, 0.25) is 0 Å². The molecule has 0 aromatic rings. The highest BCUT2D eigenvalue weighted by Crippen LogP contribution is 1.99. The Bertz CT molecular complexity index is 250. The molecule has 3 N–H and O–H groups in total. The lowest BCUT2D eigenvalue weighted by Crippen LogP contribution is -2.52. The number of hydrogen-bond donors (Lipinski definition) is 3. The lowest BCUT2D eigenvalue weighted by atomic mass is 10.2. The van der Waals surface area contributed by atoms with Gasteiger partial charge in [-0.05, 0) is 19.8 Å². The minimum atomic E-state index is -1.27. The Morgan fingerprint density at radius 1 is 1.24 bits per heavy atom. The summed E-state index contributed by atoms with van der Waals surface area (Å²) in [6.07, 6.45) is 0.487. The molecule has 0 fully saturated rings. The molecule has 0 saturated heterocycles. The van der Waals surface area contributed by atoms with Gasteiger partial charge in [0.2, 0.25) is 0 Å². The first-order valence-electron chi connectivity index (χ1n) is 5.90. The summed E-state index contributed by atoms with van der Waals surface area (Å²) in [6.45, 7) is 6.37. The molecule has 2 atom stereocenters. The van der Waals surface area contributed by atoms with Gasteiger partial charge in [-0.1, -0.05) is 13.8 Å². The van der Waals surface area contributed by atoms with Crippen LogP contribution in [-0.2, 0) is 4.79 Å². The number of nitrogens with zero attached hydrogens (tertiary/aromatic N) is 1. The Hall–Kier alpha value is -1.30. The standard InChI is InChI=1S/C11H22N2O4/c1-4-6-13(7-5-2)11(17)12-9(8(3)14)10(15)16/h8-9,14H,4-7H2,1-3H3,(H,12,17)(H,15,16)/t8-,9+/m1/s1. The molecule has 6 heteroatoms. The zero-order chi connectivity index (χ0) is 13.4. The summed E-state index contributed by atoms with van der Waals surface area (Å²) >= 11 is 0. The van der Waals surface area contributed by atoms with E-state index in [9.17, 15) is 14.7 Å². The molecule has 6 nitrogen and oxygen atoms in total. The van der Waals surface area contributed by atoms with Gasteiger partial charge in [-0.25, -0.2) is 9.59 Å². The number of nitrogens with one attached hydrogen (secondary N) is 1. The molecule has 0 unspecified atom stereocenters. The van der Waals surface area contributed by atoms with Crippen molar-refractivity contribution in [3.05, 3.63) is 0 Å². The lowest BCUT2D eigenvalue weighted by molar-refractivity contribution is -0.141. The molecule has 0 aliphatic carbocycles. The zero-order valence-electron chi connectivity index (χ0n) is 10.6. The second-order valence-corrected chi connectivity index (χ2v) is 3.99. The largest absolute Gasteiger partial charge is 0.480 e. The van der Waals surface area contributed by atoms with Crippen LogP contribution in [0.5, 0.6) is 0 Å². The number of carbonyl (C=O) groups excluding carboxylic acids is 1. The third kappa shape index (κ3) is 5.53. The summed E-state index contributed by atoms with van der Waals surface area (Å²) in [7, 11) is 0. The lowest BCUT2D eigenvalue weighted by Gasteiger charge is -2.25. The Kier molecular flexibility index (Phi) is 7.29. The van der Waals surface area contributed by atoms with E-state index in [1.54, 1.807) is 4.90 Å². The fraction of sp³-hybridized carbons (Fsp3) is 0.818. The molecular weight excluding hydrogens is 224 g/mol. The maximum atomic E-state index is 11.8. The van der Waals surface area contributed by atoms with Crippen molar-refractivity contribution in [1.82, 2.24) is 10.2 Å². The van der Waals surface area contributed by atoms with E-state index in [1.807, 2.05) is 13.8 Å². The van der Waals surface area contributed by atoms with Crippen molar-refractivity contribution in [2.45, 2.75) is 45.8 Å². The van der Waals surface area contributed by atoms with Gasteiger partial charge in [-0.2, -0.15) is 0 Å². The number of rotatable bonds is 7. The van der Waals surface area contributed by atoms with Gasteiger partial charge >= 0.3 is 12.0 Å². The molecule has 100 valence electrons. The van der Waals surface area contributed by atoms with Gasteiger partial charge < -0.3 is 20.4 Å². The number of carboxylic acids is 1. The number of amides is 2. The summed E-state index contributed by atoms with van der Waals surface area (Å²) in [5, 5.41) is 20.4. The van der Waals surface area contributed by atoms with Gasteiger partial charge in [0.25, 0.3) is 0 Å². The van der Waals surface area contributed by atoms with E-state index in [1.165, 1.54) is 6.92 Å².